The van der Waals surface area contributed by atoms with Crippen molar-refractivity contribution in [3.8, 4) is 5.75 Å². The highest BCUT2D eigenvalue weighted by molar-refractivity contribution is 5.46. The van der Waals surface area contributed by atoms with Crippen molar-refractivity contribution in [2.75, 3.05) is 13.7 Å². The van der Waals surface area contributed by atoms with Crippen LogP contribution in [0.1, 0.15) is 42.0 Å². The van der Waals surface area contributed by atoms with E-state index < -0.39 is 0 Å². The van der Waals surface area contributed by atoms with E-state index in [-0.39, 0.29) is 6.04 Å². The first kappa shape index (κ1) is 13.3. The molecule has 0 saturated heterocycles. The van der Waals surface area contributed by atoms with Crippen LogP contribution in [-0.2, 0) is 12.8 Å². The predicted molar refractivity (Wildman–Crippen MR) is 79.2 cm³/mol. The highest BCUT2D eigenvalue weighted by atomic mass is 16.5. The zero-order valence-electron chi connectivity index (χ0n) is 12.1. The van der Waals surface area contributed by atoms with Gasteiger partial charge in [0.05, 0.1) is 12.6 Å². The lowest BCUT2D eigenvalue weighted by Crippen LogP contribution is -2.20. The number of furan rings is 1. The molecule has 0 aliphatic carbocycles. The molecule has 1 N–H and O–H groups in total. The van der Waals surface area contributed by atoms with Gasteiger partial charge in [-0.2, -0.15) is 0 Å². The number of rotatable bonds is 4. The molecule has 1 atom stereocenters. The van der Waals surface area contributed by atoms with Crippen LogP contribution >= 0.6 is 0 Å². The summed E-state index contributed by atoms with van der Waals surface area (Å²) in [6.45, 7) is 2.91. The van der Waals surface area contributed by atoms with Crippen molar-refractivity contribution in [2.45, 2.75) is 32.2 Å². The van der Waals surface area contributed by atoms with Crippen molar-refractivity contribution >= 4 is 0 Å². The van der Waals surface area contributed by atoms with E-state index in [0.29, 0.717) is 0 Å². The minimum Gasteiger partial charge on any atom is -0.493 e. The number of benzene rings is 1. The summed E-state index contributed by atoms with van der Waals surface area (Å²) in [5.74, 6) is 3.01. The van der Waals surface area contributed by atoms with E-state index >= 15 is 0 Å². The molecule has 1 aromatic heterocycles. The fraction of sp³-hybridized carbons (Fsp3) is 0.412. The molecule has 1 aromatic carbocycles. The van der Waals surface area contributed by atoms with Gasteiger partial charge in [0, 0.05) is 12.0 Å². The van der Waals surface area contributed by atoms with Gasteiger partial charge in [0.25, 0.3) is 0 Å². The summed E-state index contributed by atoms with van der Waals surface area (Å²) in [5.41, 5.74) is 2.47. The first-order valence-electron chi connectivity index (χ1n) is 7.34. The quantitative estimate of drug-likeness (QED) is 0.924. The van der Waals surface area contributed by atoms with Crippen molar-refractivity contribution < 1.29 is 9.15 Å². The van der Waals surface area contributed by atoms with E-state index in [9.17, 15) is 0 Å². The van der Waals surface area contributed by atoms with Gasteiger partial charge in [0.2, 0.25) is 0 Å². The van der Waals surface area contributed by atoms with E-state index in [4.69, 9.17) is 9.15 Å². The van der Waals surface area contributed by atoms with Crippen LogP contribution in [0, 0.1) is 0 Å². The normalized spacial score (nSPS) is 15.5. The Morgan fingerprint density at radius 2 is 2.15 bits per heavy atom. The Hall–Kier alpha value is -1.74. The fourth-order valence-corrected chi connectivity index (χ4v) is 2.83. The van der Waals surface area contributed by atoms with E-state index in [1.54, 1.807) is 0 Å². The van der Waals surface area contributed by atoms with E-state index in [2.05, 4.69) is 42.6 Å². The first-order valence-corrected chi connectivity index (χ1v) is 7.34. The van der Waals surface area contributed by atoms with Gasteiger partial charge in [0.1, 0.15) is 17.3 Å². The standard InChI is InChI=1S/C17H21NO2/c1-3-13-9-10-15(20-13)16(18-2)14-8-4-6-12-7-5-11-19-17(12)14/h4,6,8-10,16,18H,3,5,7,11H2,1-2H3. The largest absolute Gasteiger partial charge is 0.493 e. The SMILES string of the molecule is CCc1ccc(C(NC)c2cccc3c2OCCC3)o1. The molecule has 0 fully saturated rings. The molecule has 1 unspecified atom stereocenters. The predicted octanol–water partition coefficient (Wildman–Crippen LogP) is 3.48. The summed E-state index contributed by atoms with van der Waals surface area (Å²) in [4.78, 5) is 0. The molecule has 1 aliphatic rings. The highest BCUT2D eigenvalue weighted by Gasteiger charge is 2.23. The topological polar surface area (TPSA) is 34.4 Å². The van der Waals surface area contributed by atoms with Gasteiger partial charge in [-0.1, -0.05) is 25.1 Å². The molecule has 3 heteroatoms. The van der Waals surface area contributed by atoms with Crippen molar-refractivity contribution in [3.63, 3.8) is 0 Å². The summed E-state index contributed by atoms with van der Waals surface area (Å²) in [6.07, 6.45) is 3.11. The van der Waals surface area contributed by atoms with Gasteiger partial charge >= 0.3 is 0 Å². The number of hydrogen-bond acceptors (Lipinski definition) is 3. The zero-order chi connectivity index (χ0) is 13.9. The van der Waals surface area contributed by atoms with Crippen LogP contribution in [0.25, 0.3) is 0 Å². The number of ether oxygens (including phenoxy) is 1. The Morgan fingerprint density at radius 3 is 2.90 bits per heavy atom. The van der Waals surface area contributed by atoms with E-state index in [1.165, 1.54) is 11.1 Å². The molecule has 3 nitrogen and oxygen atoms in total. The van der Waals surface area contributed by atoms with Gasteiger partial charge < -0.3 is 14.5 Å². The second-order valence-electron chi connectivity index (χ2n) is 5.17. The summed E-state index contributed by atoms with van der Waals surface area (Å²) in [5, 5.41) is 3.35. The molecule has 0 spiro atoms. The molecule has 0 bridgehead atoms. The molecular weight excluding hydrogens is 250 g/mol. The number of nitrogens with one attached hydrogen (secondary N) is 1. The maximum Gasteiger partial charge on any atom is 0.127 e. The Bertz CT molecular complexity index is 588. The minimum atomic E-state index is 0.0448. The lowest BCUT2D eigenvalue weighted by atomic mass is 9.97. The van der Waals surface area contributed by atoms with Crippen LogP contribution in [0.4, 0.5) is 0 Å². The second-order valence-corrected chi connectivity index (χ2v) is 5.17. The Morgan fingerprint density at radius 1 is 1.25 bits per heavy atom. The van der Waals surface area contributed by atoms with Crippen LogP contribution in [0.5, 0.6) is 5.75 Å². The first-order chi connectivity index (χ1) is 9.83. The molecule has 20 heavy (non-hydrogen) atoms. The summed E-state index contributed by atoms with van der Waals surface area (Å²) in [7, 11) is 1.96. The van der Waals surface area contributed by atoms with Gasteiger partial charge in [-0.15, -0.1) is 0 Å². The fourth-order valence-electron chi connectivity index (χ4n) is 2.83. The van der Waals surface area contributed by atoms with Gasteiger partial charge in [-0.25, -0.2) is 0 Å². The van der Waals surface area contributed by atoms with E-state index in [0.717, 1.165) is 43.1 Å². The van der Waals surface area contributed by atoms with Crippen LogP contribution in [-0.4, -0.2) is 13.7 Å². The zero-order valence-corrected chi connectivity index (χ0v) is 12.1. The van der Waals surface area contributed by atoms with E-state index in [1.807, 2.05) is 7.05 Å². The Kier molecular flexibility index (Phi) is 3.79. The molecule has 106 valence electrons. The maximum absolute atomic E-state index is 5.91. The van der Waals surface area contributed by atoms with Gasteiger partial charge in [0.15, 0.2) is 0 Å². The third-order valence-electron chi connectivity index (χ3n) is 3.88. The van der Waals surface area contributed by atoms with Crippen molar-refractivity contribution in [2.24, 2.45) is 0 Å². The molecular formula is C17H21NO2. The number of aryl methyl sites for hydroxylation is 2. The molecule has 2 aromatic rings. The third-order valence-corrected chi connectivity index (χ3v) is 3.88. The number of hydrogen-bond donors (Lipinski definition) is 1. The molecule has 3 rings (SSSR count). The number of para-hydroxylation sites is 1. The third kappa shape index (κ3) is 2.34. The molecule has 1 aliphatic heterocycles. The van der Waals surface area contributed by atoms with Crippen molar-refractivity contribution in [1.82, 2.24) is 5.32 Å². The Labute approximate surface area is 119 Å². The molecule has 0 radical (unpaired) electrons. The molecule has 2 heterocycles. The summed E-state index contributed by atoms with van der Waals surface area (Å²) < 4.78 is 11.8. The second kappa shape index (κ2) is 5.71. The summed E-state index contributed by atoms with van der Waals surface area (Å²) in [6, 6.07) is 10.5. The lowest BCUT2D eigenvalue weighted by Gasteiger charge is -2.24. The average Bonchev–Trinajstić information content (AvgIpc) is 2.97. The lowest BCUT2D eigenvalue weighted by molar-refractivity contribution is 0.281. The van der Waals surface area contributed by atoms with Gasteiger partial charge in [-0.3, -0.25) is 0 Å². The highest BCUT2D eigenvalue weighted by Crippen LogP contribution is 2.36. The van der Waals surface area contributed by atoms with Crippen molar-refractivity contribution in [3.05, 3.63) is 53.0 Å². The summed E-state index contributed by atoms with van der Waals surface area (Å²) >= 11 is 0. The van der Waals surface area contributed by atoms with Crippen LogP contribution < -0.4 is 10.1 Å². The van der Waals surface area contributed by atoms with Crippen LogP contribution in [0.3, 0.4) is 0 Å². The van der Waals surface area contributed by atoms with Crippen LogP contribution in [0.15, 0.2) is 34.7 Å². The average molecular weight is 271 g/mol. The molecule has 0 saturated carbocycles. The van der Waals surface area contributed by atoms with Gasteiger partial charge in [-0.05, 0) is 37.6 Å². The smallest absolute Gasteiger partial charge is 0.127 e. The van der Waals surface area contributed by atoms with Crippen molar-refractivity contribution in [1.29, 1.82) is 0 Å². The molecule has 0 amide bonds. The number of fused-ring (bicyclic) bond motifs is 1. The van der Waals surface area contributed by atoms with Crippen LogP contribution in [0.2, 0.25) is 0 Å². The Balaban J connectivity index is 2.01. The monoisotopic (exact) mass is 271 g/mol. The maximum atomic E-state index is 5.91. The minimum absolute atomic E-state index is 0.0448.